The number of nitrogens with one attached hydrogen (secondary N) is 2. The summed E-state index contributed by atoms with van der Waals surface area (Å²) in [6.07, 6.45) is 6.95. The molecule has 8 bridgehead atoms. The number of carbonyl (C=O) groups is 4. The zero-order valence-corrected chi connectivity index (χ0v) is 80.6. The predicted molar refractivity (Wildman–Crippen MR) is 494 cm³/mol. The Kier molecular flexibility index (Phi) is 34.9. The van der Waals surface area contributed by atoms with Crippen molar-refractivity contribution in [3.63, 3.8) is 0 Å². The molecule has 18 atom stereocenters. The number of benzene rings is 6. The summed E-state index contributed by atoms with van der Waals surface area (Å²) in [5.41, 5.74) is -4.68. The Morgan fingerprint density at radius 2 is 0.908 bits per heavy atom. The van der Waals surface area contributed by atoms with E-state index in [-0.39, 0.29) is 157 Å². The van der Waals surface area contributed by atoms with Crippen LogP contribution in [0.3, 0.4) is 0 Å². The van der Waals surface area contributed by atoms with Crippen LogP contribution >= 0.6 is 15.9 Å². The van der Waals surface area contributed by atoms with Crippen LogP contribution in [-0.2, 0) is 68.0 Å². The number of carbonyl (C=O) groups excluding carboxylic acids is 4. The van der Waals surface area contributed by atoms with Crippen LogP contribution in [0.15, 0.2) is 129 Å². The van der Waals surface area contributed by atoms with Crippen LogP contribution in [0.25, 0.3) is 77.5 Å². The van der Waals surface area contributed by atoms with E-state index in [4.69, 9.17) is 56.6 Å². The molecule has 11 N–H and O–H groups in total. The van der Waals surface area contributed by atoms with Crippen LogP contribution < -0.4 is 57.0 Å². The molecule has 131 heavy (non-hydrogen) atoms. The number of aliphatic hydroxyl groups is 7. The number of rotatable bonds is 10. The van der Waals surface area contributed by atoms with Crippen molar-refractivity contribution in [1.29, 1.82) is 0 Å². The molecule has 0 aliphatic carbocycles. The van der Waals surface area contributed by atoms with E-state index in [1.54, 1.807) is 79.7 Å². The number of phenols is 2. The number of esters is 2. The second-order valence-electron chi connectivity index (χ2n) is 34.2. The molecule has 12 rings (SSSR count). The van der Waals surface area contributed by atoms with E-state index >= 15 is 0 Å². The Morgan fingerprint density at radius 3 is 1.27 bits per heavy atom. The fraction of sp³-hybridized carbons (Fsp3) is 0.463. The average molecular weight is 1980 g/mol. The Labute approximate surface area is 778 Å². The number of amides is 2. The van der Waals surface area contributed by atoms with Gasteiger partial charge in [-0.15, -0.1) is 0 Å². The van der Waals surface area contributed by atoms with Gasteiger partial charge >= 0.3 is 23.5 Å². The summed E-state index contributed by atoms with van der Waals surface area (Å²) >= 11 is 3.28. The zero-order chi connectivity index (χ0) is 95.5. The van der Waals surface area contributed by atoms with Gasteiger partial charge in [-0.2, -0.15) is 0 Å². The topological polar surface area (TPSA) is 484 Å². The Balaban J connectivity index is 0.000000300. The van der Waals surface area contributed by atoms with Crippen LogP contribution in [-0.4, -0.2) is 219 Å². The predicted octanol–water partition coefficient (Wildman–Crippen LogP) is 9.81. The van der Waals surface area contributed by atoms with E-state index in [2.05, 4.69) is 36.5 Å². The van der Waals surface area contributed by atoms with Gasteiger partial charge in [-0.1, -0.05) is 108 Å². The molecular weight excluding hydrogens is 1860 g/mol. The number of fused-ring (bicyclic) bond motifs is 4. The zero-order valence-electron chi connectivity index (χ0n) is 77.4. The quantitative estimate of drug-likeness (QED) is 0.0199. The van der Waals surface area contributed by atoms with Crippen molar-refractivity contribution >= 4 is 129 Å². The molecule has 0 saturated heterocycles. The van der Waals surface area contributed by atoms with E-state index in [9.17, 15) is 79.2 Å². The number of nitrogens with zero attached hydrogens (tertiary/aromatic N) is 4. The Morgan fingerprint density at radius 1 is 0.527 bits per heavy atom. The summed E-state index contributed by atoms with van der Waals surface area (Å²) < 4.78 is 66.4. The second-order valence-corrected chi connectivity index (χ2v) is 35.1. The maximum absolute atomic E-state index is 14.7. The minimum atomic E-state index is -1.99. The molecule has 0 spiro atoms. The van der Waals surface area contributed by atoms with E-state index in [1.807, 2.05) is 38.0 Å². The van der Waals surface area contributed by atoms with E-state index in [1.165, 1.54) is 131 Å². The molecular formula is C95H118BrN6O28Pd-. The smallest absolute Gasteiger partial charge is 0.307 e. The number of anilines is 2. The first-order valence-corrected chi connectivity index (χ1v) is 42.9. The second kappa shape index (κ2) is 43.3. The number of halogens is 1. The number of methoxy groups -OCH3 is 2. The number of aliphatic hydroxyl groups excluding tert-OH is 7. The summed E-state index contributed by atoms with van der Waals surface area (Å²) in [6.45, 7) is 26.8. The van der Waals surface area contributed by atoms with Crippen molar-refractivity contribution in [2.45, 2.75) is 171 Å². The van der Waals surface area contributed by atoms with Gasteiger partial charge in [-0.3, -0.25) is 38.4 Å². The molecule has 6 aromatic carbocycles. The molecule has 8 aromatic rings. The minimum absolute atomic E-state index is 0. The van der Waals surface area contributed by atoms with Gasteiger partial charge in [0.05, 0.1) is 77.0 Å². The van der Waals surface area contributed by atoms with Crippen LogP contribution in [0.1, 0.15) is 108 Å². The monoisotopic (exact) mass is 1980 g/mol. The van der Waals surface area contributed by atoms with Crippen LogP contribution in [0.4, 0.5) is 11.4 Å². The number of hydrogen-bond donors (Lipinski definition) is 11. The maximum Gasteiger partial charge on any atom is 0.307 e. The van der Waals surface area contributed by atoms with Crippen molar-refractivity contribution in [3.8, 4) is 28.7 Å². The molecule has 0 radical (unpaired) electrons. The number of phenolic OH excluding ortho intramolecular Hbond substituents is 2. The summed E-state index contributed by atoms with van der Waals surface area (Å²) in [7, 11) is 10.5. The van der Waals surface area contributed by atoms with Gasteiger partial charge in [0.1, 0.15) is 70.0 Å². The van der Waals surface area contributed by atoms with E-state index in [0.29, 0.717) is 11.0 Å². The van der Waals surface area contributed by atoms with Gasteiger partial charge in [-0.05, 0) is 74.1 Å². The number of allylic oxidation sites excluding steroid dienone is 4. The van der Waals surface area contributed by atoms with Crippen molar-refractivity contribution in [3.05, 3.63) is 171 Å². The number of likely N-dealkylation sites (N-methyl/N-ethyl adjacent to an activating group) is 2. The van der Waals surface area contributed by atoms with Gasteiger partial charge in [0, 0.05) is 178 Å². The first-order chi connectivity index (χ1) is 60.6. The summed E-state index contributed by atoms with van der Waals surface area (Å²) in [5, 5.41) is 106. The number of aromatic hydroxyl groups is 2. The Bertz CT molecular complexity index is 6270. The molecule has 36 heteroatoms. The van der Waals surface area contributed by atoms with Gasteiger partial charge in [0.15, 0.2) is 44.9 Å². The van der Waals surface area contributed by atoms with Gasteiger partial charge in [0.25, 0.3) is 11.8 Å². The standard InChI is InChI=1S/C47H57N3O14.C43H47BrN2O13.C4H11NO.CH3.Pd/c1-21-13-12-14-22(2)46(58)49-37-41(56)33-32(36-44(37)63-31-20-28(60-18-16-50(9)10)19-29(52)35(31)48-36)34-43(26(6)40(33)55)64-47(8,45(34)57)61-17-15-30(59-11)23(3)42(62-27(7)51)25(5)39(54)24(4)38(21)53;1-17-11-10-12-18(2)42(54)46-33-37(52)29-28(32-40(33)58-27-16-24(44)15-25(48)31(27)45-32)30-39(22(6)36(29)51)59-43(8,41(30)53)56-14-13-26(55-9)19(3)38(57-23(7)47)21(5)35(50)20(4)34(17)49;1-5(2)3-4-6;;/h12-15,17,19-21,23-25,30,38-39,42,53-55,57H,16,18H2,1-11H3,(H,49,58);10-17,19-21,26,34-35,38,49-51,53H,1-9H3,(H,46,54);6H,3-4H2,1-2H3;1H3;/q;;;-1;/b13-12+,17-15+,22-14-;11-10+,14-13+,18-12-;;;/t21-,23+,24+,25+,30-,38-,39+,42+,47-;17-,19+,20+,21+,26-,34-,35+,38+,43-;;;/m00.../s1. The van der Waals surface area contributed by atoms with Crippen LogP contribution in [0, 0.1) is 68.6 Å². The molecule has 2 aromatic heterocycles. The van der Waals surface area contributed by atoms with Crippen molar-refractivity contribution in [2.75, 3.05) is 79.3 Å². The normalized spacial score (nSPS) is 28.1. The van der Waals surface area contributed by atoms with Crippen molar-refractivity contribution in [1.82, 2.24) is 19.8 Å². The van der Waals surface area contributed by atoms with Crippen LogP contribution in [0.2, 0.25) is 0 Å². The minimum Gasteiger partial charge on any atom is -0.507 e. The van der Waals surface area contributed by atoms with Gasteiger partial charge < -0.3 is 125 Å². The average Bonchev–Trinajstić information content (AvgIpc) is 1.64. The number of ether oxygens (including phenoxy) is 9. The molecule has 4 aliphatic heterocycles. The fourth-order valence-corrected chi connectivity index (χ4v) is 16.8. The van der Waals surface area contributed by atoms with E-state index in [0.717, 1.165) is 6.54 Å². The largest absolute Gasteiger partial charge is 0.507 e. The first kappa shape index (κ1) is 106. The fourth-order valence-electron chi connectivity index (χ4n) is 16.4. The molecule has 4 aliphatic rings. The summed E-state index contributed by atoms with van der Waals surface area (Å²) in [4.78, 5) is 122. The third-order valence-electron chi connectivity index (χ3n) is 24.2. The SMILES string of the molecule is CN(C)CCO.CO[C@H]1/C=C/O[C@@]2(C)Oc3c(C)c(O)c4c(=O)c(c5oc6cc(Br)cc(=O)c6nc5c4c3=C2O)NC(=O)/C(C)=C\C=C\[C@H](C)[C@H](O)[C@@H](C)[C@@H](O)[C@@H](C)[C@H](OC(C)=O)[C@@H]1C.CO[C@H]1/C=C/O[C@@]2(C)Oc3c(C)c(O)c4c(=O)c(c5oc6cc(OCCN(C)C)cc(=O)c6nc5c4c3=C2O)NC(=O)/C(C)=C\C=C\[C@H](C)[C@H](O)[C@@H](C)[C@@H](O)[C@@H](C)[C@H](OC(C)=O)[C@@H]1C.[CH3-].[Pd]. The molecule has 0 fully saturated rings. The van der Waals surface area contributed by atoms with Gasteiger partial charge in [0.2, 0.25) is 21.7 Å². The van der Waals surface area contributed by atoms with Crippen molar-refractivity contribution in [2.24, 2.45) is 47.3 Å². The van der Waals surface area contributed by atoms with Crippen molar-refractivity contribution < 1.29 is 137 Å². The third kappa shape index (κ3) is 21.8. The summed E-state index contributed by atoms with van der Waals surface area (Å²) in [6, 6.07) is 5.42. The Hall–Kier alpha value is -10.7. The molecule has 0 unspecified atom stereocenters. The molecule has 2 amide bonds. The number of aromatic nitrogens is 2. The van der Waals surface area contributed by atoms with Crippen LogP contribution in [0.5, 0.6) is 28.7 Å². The molecule has 714 valence electrons. The van der Waals surface area contributed by atoms with Gasteiger partial charge in [-0.25, -0.2) is 9.97 Å². The maximum atomic E-state index is 14.7. The first-order valence-electron chi connectivity index (χ1n) is 42.1. The molecule has 34 nitrogen and oxygen atoms in total. The molecule has 6 heterocycles. The molecule has 0 saturated carbocycles. The third-order valence-corrected chi connectivity index (χ3v) is 24.6. The summed E-state index contributed by atoms with van der Waals surface area (Å²) in [5.74, 6) is -13.8. The van der Waals surface area contributed by atoms with E-state index < -0.39 is 188 Å². The number of hydrogen-bond acceptors (Lipinski definition) is 32.